The van der Waals surface area contributed by atoms with Crippen molar-refractivity contribution in [2.45, 2.75) is 39.2 Å². The summed E-state index contributed by atoms with van der Waals surface area (Å²) in [4.78, 5) is 13.3. The van der Waals surface area contributed by atoms with Crippen molar-refractivity contribution in [3.05, 3.63) is 54.2 Å². The largest absolute Gasteiger partial charge is 0.320 e. The summed E-state index contributed by atoms with van der Waals surface area (Å²) in [6.45, 7) is 4.31. The minimum Gasteiger partial charge on any atom is -0.320 e. The fraction of sp³-hybridized carbons (Fsp3) is 0.353. The first kappa shape index (κ1) is 13.7. The number of aromatic nitrogens is 4. The van der Waals surface area contributed by atoms with Gasteiger partial charge in [0.1, 0.15) is 17.5 Å². The summed E-state index contributed by atoms with van der Waals surface area (Å²) in [6.07, 6.45) is 8.08. The summed E-state index contributed by atoms with van der Waals surface area (Å²) in [5, 5.41) is 0. The predicted molar refractivity (Wildman–Crippen MR) is 83.0 cm³/mol. The van der Waals surface area contributed by atoms with Crippen LogP contribution in [0.1, 0.15) is 44.1 Å². The molecule has 21 heavy (non-hydrogen) atoms. The summed E-state index contributed by atoms with van der Waals surface area (Å²) in [7, 11) is 0. The van der Waals surface area contributed by atoms with Crippen molar-refractivity contribution >= 4 is 11.2 Å². The van der Waals surface area contributed by atoms with Gasteiger partial charge >= 0.3 is 0 Å². The third kappa shape index (κ3) is 2.79. The van der Waals surface area contributed by atoms with Crippen LogP contribution in [-0.4, -0.2) is 19.5 Å². The first-order valence-electron chi connectivity index (χ1n) is 7.45. The van der Waals surface area contributed by atoms with Gasteiger partial charge in [-0.3, -0.25) is 0 Å². The molecular weight excluding hydrogens is 260 g/mol. The van der Waals surface area contributed by atoms with E-state index in [4.69, 9.17) is 0 Å². The molecule has 1 aromatic carbocycles. The van der Waals surface area contributed by atoms with E-state index in [2.05, 4.69) is 51.7 Å². The molecule has 0 saturated carbocycles. The Hall–Kier alpha value is -2.23. The lowest BCUT2D eigenvalue weighted by atomic mass is 10.1. The Bertz CT molecular complexity index is 718. The standard InChI is InChI=1S/C17H19N4/c1-3-4-10-16-18-11-15-17(20-16)19-12-21(15)13(2)14-8-6-5-7-9-14/h5-9,12-13H,3-4,10H2,1-2H3. The van der Waals surface area contributed by atoms with E-state index in [1.807, 2.05) is 24.5 Å². The minimum atomic E-state index is 0.192. The number of nitrogens with zero attached hydrogens (tertiary/aromatic N) is 4. The first-order chi connectivity index (χ1) is 10.3. The maximum Gasteiger partial charge on any atom is 0.181 e. The first-order valence-corrected chi connectivity index (χ1v) is 7.45. The Balaban J connectivity index is 1.93. The summed E-state index contributed by atoms with van der Waals surface area (Å²) in [5.41, 5.74) is 2.84. The lowest BCUT2D eigenvalue weighted by Crippen LogP contribution is -2.06. The maximum atomic E-state index is 4.54. The van der Waals surface area contributed by atoms with E-state index >= 15 is 0 Å². The second-order valence-electron chi connectivity index (χ2n) is 5.27. The zero-order chi connectivity index (χ0) is 14.7. The van der Waals surface area contributed by atoms with E-state index in [1.54, 1.807) is 0 Å². The molecule has 0 fully saturated rings. The Morgan fingerprint density at radius 3 is 2.81 bits per heavy atom. The Labute approximate surface area is 124 Å². The maximum absolute atomic E-state index is 4.54. The monoisotopic (exact) mass is 279 g/mol. The van der Waals surface area contributed by atoms with Crippen LogP contribution in [0.3, 0.4) is 0 Å². The van der Waals surface area contributed by atoms with Crippen molar-refractivity contribution < 1.29 is 0 Å². The van der Waals surface area contributed by atoms with Crippen molar-refractivity contribution in [1.82, 2.24) is 19.5 Å². The van der Waals surface area contributed by atoms with E-state index < -0.39 is 0 Å². The highest BCUT2D eigenvalue weighted by atomic mass is 15.1. The van der Waals surface area contributed by atoms with Gasteiger partial charge in [0.2, 0.25) is 0 Å². The number of benzene rings is 1. The molecule has 0 amide bonds. The van der Waals surface area contributed by atoms with Gasteiger partial charge in [-0.2, -0.15) is 0 Å². The molecule has 3 rings (SSSR count). The van der Waals surface area contributed by atoms with Crippen LogP contribution in [0.25, 0.3) is 11.2 Å². The summed E-state index contributed by atoms with van der Waals surface area (Å²) in [6, 6.07) is 10.6. The Morgan fingerprint density at radius 1 is 1.24 bits per heavy atom. The molecule has 0 bridgehead atoms. The average molecular weight is 279 g/mol. The van der Waals surface area contributed by atoms with Gasteiger partial charge in [-0.15, -0.1) is 0 Å². The highest BCUT2D eigenvalue weighted by Gasteiger charge is 2.13. The van der Waals surface area contributed by atoms with Gasteiger partial charge in [0.15, 0.2) is 5.65 Å². The number of rotatable bonds is 5. The molecule has 2 aromatic heterocycles. The molecule has 4 nitrogen and oxygen atoms in total. The number of hydrogen-bond acceptors (Lipinski definition) is 3. The fourth-order valence-electron chi connectivity index (χ4n) is 2.44. The molecule has 0 saturated heterocycles. The fourth-order valence-corrected chi connectivity index (χ4v) is 2.44. The molecule has 0 spiro atoms. The molecule has 0 N–H and O–H groups in total. The van der Waals surface area contributed by atoms with Gasteiger partial charge in [-0.25, -0.2) is 15.0 Å². The molecule has 0 aliphatic heterocycles. The van der Waals surface area contributed by atoms with Crippen molar-refractivity contribution in [2.24, 2.45) is 0 Å². The van der Waals surface area contributed by atoms with E-state index in [-0.39, 0.29) is 6.04 Å². The normalized spacial score (nSPS) is 12.7. The van der Waals surface area contributed by atoms with Crippen LogP contribution in [0.4, 0.5) is 0 Å². The van der Waals surface area contributed by atoms with Crippen LogP contribution in [-0.2, 0) is 6.42 Å². The topological polar surface area (TPSA) is 43.6 Å². The molecule has 2 heterocycles. The van der Waals surface area contributed by atoms with Crippen LogP contribution in [0.5, 0.6) is 0 Å². The van der Waals surface area contributed by atoms with Crippen LogP contribution in [0.2, 0.25) is 0 Å². The van der Waals surface area contributed by atoms with E-state index in [0.717, 1.165) is 36.3 Å². The summed E-state index contributed by atoms with van der Waals surface area (Å²) in [5.74, 6) is 0.835. The third-order valence-corrected chi connectivity index (χ3v) is 3.75. The van der Waals surface area contributed by atoms with Gasteiger partial charge < -0.3 is 4.57 Å². The summed E-state index contributed by atoms with van der Waals surface area (Å²) < 4.78 is 2.08. The Morgan fingerprint density at radius 2 is 2.05 bits per heavy atom. The van der Waals surface area contributed by atoms with Crippen molar-refractivity contribution in [2.75, 3.05) is 0 Å². The van der Waals surface area contributed by atoms with Gasteiger partial charge in [0.25, 0.3) is 0 Å². The van der Waals surface area contributed by atoms with Crippen molar-refractivity contribution in [1.29, 1.82) is 0 Å². The second kappa shape index (κ2) is 6.04. The predicted octanol–water partition coefficient (Wildman–Crippen LogP) is 3.58. The smallest absolute Gasteiger partial charge is 0.181 e. The molecule has 1 radical (unpaired) electrons. The molecular formula is C17H19N4. The third-order valence-electron chi connectivity index (χ3n) is 3.75. The van der Waals surface area contributed by atoms with Gasteiger partial charge in [0.05, 0.1) is 12.4 Å². The molecule has 3 aromatic rings. The highest BCUT2D eigenvalue weighted by Crippen LogP contribution is 2.21. The van der Waals surface area contributed by atoms with E-state index in [1.165, 1.54) is 5.56 Å². The quantitative estimate of drug-likeness (QED) is 0.717. The number of unbranched alkanes of at least 4 members (excludes halogenated alkanes) is 1. The lowest BCUT2D eigenvalue weighted by molar-refractivity contribution is 0.656. The minimum absolute atomic E-state index is 0.192. The zero-order valence-electron chi connectivity index (χ0n) is 12.5. The van der Waals surface area contributed by atoms with Crippen molar-refractivity contribution in [3.63, 3.8) is 0 Å². The Kier molecular flexibility index (Phi) is 3.95. The van der Waals surface area contributed by atoms with Crippen LogP contribution < -0.4 is 0 Å². The molecule has 1 atom stereocenters. The van der Waals surface area contributed by atoms with Crippen LogP contribution >= 0.6 is 0 Å². The van der Waals surface area contributed by atoms with Crippen LogP contribution in [0, 0.1) is 6.20 Å². The lowest BCUT2D eigenvalue weighted by Gasteiger charge is -2.14. The highest BCUT2D eigenvalue weighted by molar-refractivity contribution is 5.69. The van der Waals surface area contributed by atoms with Gasteiger partial charge in [-0.1, -0.05) is 43.7 Å². The number of hydrogen-bond donors (Lipinski definition) is 0. The molecule has 0 aliphatic rings. The number of fused-ring (bicyclic) bond motifs is 1. The SMILES string of the molecule is CCCCc1n[c]c2c(ncn2C(C)c2ccccc2)n1. The average Bonchev–Trinajstić information content (AvgIpc) is 2.96. The molecule has 0 aliphatic carbocycles. The molecule has 107 valence electrons. The number of imidazole rings is 1. The molecule has 4 heteroatoms. The van der Waals surface area contributed by atoms with Gasteiger partial charge in [-0.05, 0) is 18.9 Å². The second-order valence-corrected chi connectivity index (χ2v) is 5.27. The van der Waals surface area contributed by atoms with Crippen LogP contribution in [0.15, 0.2) is 36.7 Å². The van der Waals surface area contributed by atoms with Gasteiger partial charge in [0, 0.05) is 6.42 Å². The van der Waals surface area contributed by atoms with E-state index in [9.17, 15) is 0 Å². The summed E-state index contributed by atoms with van der Waals surface area (Å²) >= 11 is 0. The van der Waals surface area contributed by atoms with Crippen molar-refractivity contribution in [3.8, 4) is 0 Å². The van der Waals surface area contributed by atoms with E-state index in [0.29, 0.717) is 0 Å². The number of aryl methyl sites for hydroxylation is 1. The molecule has 1 unspecified atom stereocenters. The zero-order valence-corrected chi connectivity index (χ0v) is 12.5.